The Balaban J connectivity index is 1.39. The van der Waals surface area contributed by atoms with Crippen molar-refractivity contribution >= 4 is 17.4 Å². The summed E-state index contributed by atoms with van der Waals surface area (Å²) in [7, 11) is 0. The van der Waals surface area contributed by atoms with Crippen LogP contribution in [0.4, 0.5) is 10.1 Å². The van der Waals surface area contributed by atoms with Gasteiger partial charge in [0.2, 0.25) is 11.8 Å². The molecule has 0 saturated carbocycles. The first-order chi connectivity index (χ1) is 18.8. The molecule has 3 aromatic carbocycles. The lowest BCUT2D eigenvalue weighted by atomic mass is 9.94. The number of nitrogens with one attached hydrogen (secondary N) is 1. The van der Waals surface area contributed by atoms with Crippen molar-refractivity contribution in [2.45, 2.75) is 46.1 Å². The van der Waals surface area contributed by atoms with E-state index in [-0.39, 0.29) is 36.0 Å². The fourth-order valence-corrected chi connectivity index (χ4v) is 4.22. The van der Waals surface area contributed by atoms with Gasteiger partial charge in [0.1, 0.15) is 5.82 Å². The van der Waals surface area contributed by atoms with E-state index in [1.165, 1.54) is 12.1 Å². The molecule has 1 atom stereocenters. The summed E-state index contributed by atoms with van der Waals surface area (Å²) in [6.45, 7) is 6.39. The van der Waals surface area contributed by atoms with E-state index in [1.54, 1.807) is 19.1 Å². The number of benzene rings is 3. The molecule has 0 aliphatic carbocycles. The summed E-state index contributed by atoms with van der Waals surface area (Å²) in [6.07, 6.45) is 1.02. The molecule has 0 saturated heterocycles. The first kappa shape index (κ1) is 27.7. The highest BCUT2D eigenvalue weighted by atomic mass is 19.1. The van der Waals surface area contributed by atoms with Crippen molar-refractivity contribution in [2.24, 2.45) is 5.92 Å². The van der Waals surface area contributed by atoms with Crippen molar-refractivity contribution in [3.63, 3.8) is 0 Å². The third kappa shape index (κ3) is 7.37. The Morgan fingerprint density at radius 3 is 2.03 bits per heavy atom. The Hall–Kier alpha value is -4.33. The van der Waals surface area contributed by atoms with E-state index in [0.29, 0.717) is 42.4 Å². The maximum atomic E-state index is 13.2. The number of anilines is 1. The highest BCUT2D eigenvalue weighted by molar-refractivity contribution is 5.96. The molecule has 1 heterocycles. The Bertz CT molecular complexity index is 1380. The predicted octanol–water partition coefficient (Wildman–Crippen LogP) is 7.27. The molecule has 0 aliphatic heterocycles. The van der Waals surface area contributed by atoms with E-state index in [0.717, 1.165) is 16.8 Å². The summed E-state index contributed by atoms with van der Waals surface area (Å²) < 4.78 is 23.9. The minimum absolute atomic E-state index is 0.00505. The lowest BCUT2D eigenvalue weighted by Crippen LogP contribution is -2.16. The topological polar surface area (TPSA) is 94.3 Å². The van der Waals surface area contributed by atoms with Crippen LogP contribution in [0.5, 0.6) is 0 Å². The summed E-state index contributed by atoms with van der Waals surface area (Å²) in [6, 6.07) is 21.3. The normalized spacial score (nSPS) is 11.8. The van der Waals surface area contributed by atoms with Gasteiger partial charge in [0.25, 0.3) is 0 Å². The van der Waals surface area contributed by atoms with Crippen molar-refractivity contribution in [1.82, 2.24) is 10.2 Å². The molecule has 202 valence electrons. The van der Waals surface area contributed by atoms with E-state index >= 15 is 0 Å². The van der Waals surface area contributed by atoms with Crippen LogP contribution in [-0.2, 0) is 9.53 Å². The molecule has 1 aromatic heterocycles. The van der Waals surface area contributed by atoms with E-state index in [1.807, 2.05) is 48.5 Å². The summed E-state index contributed by atoms with van der Waals surface area (Å²) in [5, 5.41) is 11.8. The number of carbonyl (C=O) groups is 2. The van der Waals surface area contributed by atoms with Crippen LogP contribution in [0.15, 0.2) is 77.2 Å². The third-order valence-corrected chi connectivity index (χ3v) is 6.32. The number of halogens is 1. The number of aromatic nitrogens is 2. The molecule has 4 aromatic rings. The van der Waals surface area contributed by atoms with Crippen LogP contribution in [0.2, 0.25) is 0 Å². The number of esters is 1. The van der Waals surface area contributed by atoms with E-state index in [2.05, 4.69) is 29.4 Å². The lowest BCUT2D eigenvalue weighted by molar-refractivity contribution is -0.143. The summed E-state index contributed by atoms with van der Waals surface area (Å²) in [5.41, 5.74) is 4.05. The molecule has 0 aliphatic rings. The zero-order chi connectivity index (χ0) is 27.8. The van der Waals surface area contributed by atoms with E-state index in [4.69, 9.17) is 9.15 Å². The SMILES string of the molecule is CCOC(=O)CCCC(=O)c1ccc(NC(c2ccc(-c3nnc(-c4ccc(F)cc4)o3)cc2)C(C)C)cc1. The second kappa shape index (κ2) is 13.0. The van der Waals surface area contributed by atoms with E-state index < -0.39 is 0 Å². The molecular formula is C31H32FN3O4. The van der Waals surface area contributed by atoms with Gasteiger partial charge in [0.05, 0.1) is 12.6 Å². The largest absolute Gasteiger partial charge is 0.466 e. The number of ether oxygens (including phenoxy) is 1. The van der Waals surface area contributed by atoms with Crippen molar-refractivity contribution in [2.75, 3.05) is 11.9 Å². The summed E-state index contributed by atoms with van der Waals surface area (Å²) in [4.78, 5) is 24.0. The molecular weight excluding hydrogens is 497 g/mol. The molecule has 0 amide bonds. The van der Waals surface area contributed by atoms with Crippen LogP contribution in [0.1, 0.15) is 62.0 Å². The Kier molecular flexibility index (Phi) is 9.20. The fraction of sp³-hybridized carbons (Fsp3) is 0.290. The van der Waals surface area contributed by atoms with Gasteiger partial charge in [-0.2, -0.15) is 0 Å². The van der Waals surface area contributed by atoms with Crippen LogP contribution in [0.25, 0.3) is 22.9 Å². The van der Waals surface area contributed by atoms with Gasteiger partial charge in [0.15, 0.2) is 5.78 Å². The second-order valence-corrected chi connectivity index (χ2v) is 9.57. The second-order valence-electron chi connectivity index (χ2n) is 9.57. The molecule has 1 unspecified atom stereocenters. The standard InChI is InChI=1S/C31H32FN3O4/c1-4-38-28(37)7-5-6-27(36)21-14-18-26(19-15-21)33-29(20(2)3)22-8-10-23(11-9-22)30-34-35-31(39-30)24-12-16-25(32)17-13-24/h8-20,29,33H,4-7H2,1-3H3. The van der Waals surface area contributed by atoms with Gasteiger partial charge in [-0.25, -0.2) is 4.39 Å². The van der Waals surface area contributed by atoms with Crippen molar-refractivity contribution in [3.8, 4) is 22.9 Å². The number of hydrogen-bond acceptors (Lipinski definition) is 7. The van der Waals surface area contributed by atoms with Gasteiger partial charge in [-0.15, -0.1) is 10.2 Å². The monoisotopic (exact) mass is 529 g/mol. The highest BCUT2D eigenvalue weighted by Gasteiger charge is 2.18. The van der Waals surface area contributed by atoms with E-state index in [9.17, 15) is 14.0 Å². The Labute approximate surface area is 227 Å². The van der Waals surface area contributed by atoms with Crippen LogP contribution >= 0.6 is 0 Å². The lowest BCUT2D eigenvalue weighted by Gasteiger charge is -2.24. The van der Waals surface area contributed by atoms with Crippen LogP contribution in [-0.4, -0.2) is 28.6 Å². The minimum atomic E-state index is -0.324. The first-order valence-corrected chi connectivity index (χ1v) is 13.1. The van der Waals surface area contributed by atoms with Crippen molar-refractivity contribution in [3.05, 3.63) is 89.7 Å². The molecule has 4 rings (SSSR count). The van der Waals surface area contributed by atoms with Gasteiger partial charge >= 0.3 is 5.97 Å². The zero-order valence-corrected chi connectivity index (χ0v) is 22.3. The maximum absolute atomic E-state index is 13.2. The highest BCUT2D eigenvalue weighted by Crippen LogP contribution is 2.30. The van der Waals surface area contributed by atoms with Gasteiger partial charge < -0.3 is 14.5 Å². The van der Waals surface area contributed by atoms with Gasteiger partial charge in [-0.1, -0.05) is 26.0 Å². The van der Waals surface area contributed by atoms with Crippen molar-refractivity contribution < 1.29 is 23.1 Å². The van der Waals surface area contributed by atoms with Crippen molar-refractivity contribution in [1.29, 1.82) is 0 Å². The van der Waals surface area contributed by atoms with Gasteiger partial charge in [0, 0.05) is 35.2 Å². The first-order valence-electron chi connectivity index (χ1n) is 13.1. The molecule has 0 bridgehead atoms. The molecule has 8 heteroatoms. The molecule has 0 fully saturated rings. The predicted molar refractivity (Wildman–Crippen MR) is 148 cm³/mol. The number of Topliss-reactive ketones (excluding diaryl/α,β-unsaturated/α-hetero) is 1. The minimum Gasteiger partial charge on any atom is -0.466 e. The molecule has 1 N–H and O–H groups in total. The van der Waals surface area contributed by atoms with Gasteiger partial charge in [-0.05, 0) is 85.5 Å². The molecule has 7 nitrogen and oxygen atoms in total. The Morgan fingerprint density at radius 1 is 0.872 bits per heavy atom. The smallest absolute Gasteiger partial charge is 0.305 e. The van der Waals surface area contributed by atoms with Gasteiger partial charge in [-0.3, -0.25) is 9.59 Å². The molecule has 0 spiro atoms. The van der Waals surface area contributed by atoms with Crippen LogP contribution in [0, 0.1) is 11.7 Å². The zero-order valence-electron chi connectivity index (χ0n) is 22.3. The molecule has 0 radical (unpaired) electrons. The average molecular weight is 530 g/mol. The number of rotatable bonds is 12. The molecule has 39 heavy (non-hydrogen) atoms. The number of carbonyl (C=O) groups excluding carboxylic acids is 2. The number of ketones is 1. The fourth-order valence-electron chi connectivity index (χ4n) is 4.22. The maximum Gasteiger partial charge on any atom is 0.305 e. The number of hydrogen-bond donors (Lipinski definition) is 1. The van der Waals surface area contributed by atoms with Crippen LogP contribution < -0.4 is 5.32 Å². The summed E-state index contributed by atoms with van der Waals surface area (Å²) in [5.74, 6) is 0.409. The number of nitrogens with zero attached hydrogens (tertiary/aromatic N) is 2. The van der Waals surface area contributed by atoms with Crippen LogP contribution in [0.3, 0.4) is 0 Å². The quantitative estimate of drug-likeness (QED) is 0.152. The summed E-state index contributed by atoms with van der Waals surface area (Å²) >= 11 is 0. The Morgan fingerprint density at radius 2 is 1.46 bits per heavy atom. The average Bonchev–Trinajstić information content (AvgIpc) is 3.43. The third-order valence-electron chi connectivity index (χ3n) is 6.32.